The van der Waals surface area contributed by atoms with Crippen molar-refractivity contribution >= 4 is 65.2 Å². The molecule has 1 aromatic carbocycles. The molecule has 2 aliphatic rings. The summed E-state index contributed by atoms with van der Waals surface area (Å²) < 4.78 is 5.73. The Morgan fingerprint density at radius 1 is 0.930 bits per heavy atom. The highest BCUT2D eigenvalue weighted by Gasteiger charge is 2.33. The van der Waals surface area contributed by atoms with Crippen LogP contribution in [0.5, 0.6) is 5.75 Å². The van der Waals surface area contributed by atoms with Crippen molar-refractivity contribution < 1.29 is 4.74 Å². The van der Waals surface area contributed by atoms with E-state index < -0.39 is 0 Å². The van der Waals surface area contributed by atoms with Crippen LogP contribution in [0.15, 0.2) is 54.9 Å². The number of piperidine rings is 2. The van der Waals surface area contributed by atoms with Gasteiger partial charge in [0.1, 0.15) is 26.4 Å². The summed E-state index contributed by atoms with van der Waals surface area (Å²) in [5.74, 6) is 0.768. The van der Waals surface area contributed by atoms with Gasteiger partial charge < -0.3 is 10.1 Å². The standard InChI is InChI=1S/C31H35ClN8OS2/c1-2-41-27-19-21(7-8-24(27)32)20-38-15-11-23(12-16-38)40(31-37-26-6-4-14-34-29(26)43-31)39-17-9-22(10-18-39)35-30-36-25-5-3-13-33-28(25)42-30/h3-8,13-14,19,22-23H,2,9-12,15-18,20H2,1H3,(H,35,36). The number of benzene rings is 1. The number of thiazole rings is 2. The molecule has 0 amide bonds. The van der Waals surface area contributed by atoms with E-state index in [0.717, 1.165) is 95.1 Å². The fraction of sp³-hybridized carbons (Fsp3) is 0.419. The first kappa shape index (κ1) is 28.7. The van der Waals surface area contributed by atoms with E-state index in [4.69, 9.17) is 26.3 Å². The lowest BCUT2D eigenvalue weighted by Gasteiger charge is -2.46. The summed E-state index contributed by atoms with van der Waals surface area (Å²) in [5, 5.41) is 11.4. The molecular weight excluding hydrogens is 600 g/mol. The number of fused-ring (bicyclic) bond motifs is 2. The Kier molecular flexibility index (Phi) is 8.58. The van der Waals surface area contributed by atoms with Gasteiger partial charge in [-0.15, -0.1) is 0 Å². The second-order valence-electron chi connectivity index (χ2n) is 11.1. The van der Waals surface area contributed by atoms with Gasteiger partial charge in [-0.3, -0.25) is 9.91 Å². The Hall–Kier alpha value is -3.09. The molecule has 224 valence electrons. The molecule has 0 radical (unpaired) electrons. The molecule has 7 rings (SSSR count). The number of hydrazine groups is 1. The minimum absolute atomic E-state index is 0.387. The maximum atomic E-state index is 6.33. The smallest absolute Gasteiger partial charge is 0.202 e. The SMILES string of the molecule is CCOc1cc(CN2CCC(N(c3nc4cccnc4s3)N3CCC(Nc4nc5cccnc5s4)CC3)CC2)ccc1Cl. The van der Waals surface area contributed by atoms with E-state index in [1.165, 1.54) is 5.56 Å². The quantitative estimate of drug-likeness (QED) is 0.190. The Labute approximate surface area is 264 Å². The molecule has 1 N–H and O–H groups in total. The number of pyridine rings is 2. The fourth-order valence-electron chi connectivity index (χ4n) is 6.09. The summed E-state index contributed by atoms with van der Waals surface area (Å²) in [7, 11) is 0. The highest BCUT2D eigenvalue weighted by atomic mass is 35.5. The zero-order chi connectivity index (χ0) is 29.2. The van der Waals surface area contributed by atoms with Crippen molar-refractivity contribution in [1.82, 2.24) is 29.8 Å². The van der Waals surface area contributed by atoms with Crippen LogP contribution >= 0.6 is 34.3 Å². The number of rotatable bonds is 9. The molecule has 0 spiro atoms. The van der Waals surface area contributed by atoms with Gasteiger partial charge in [-0.2, -0.15) is 0 Å². The molecule has 4 aromatic heterocycles. The Morgan fingerprint density at radius 2 is 1.65 bits per heavy atom. The second kappa shape index (κ2) is 12.9. The van der Waals surface area contributed by atoms with Crippen LogP contribution in [0, 0.1) is 0 Å². The molecule has 43 heavy (non-hydrogen) atoms. The van der Waals surface area contributed by atoms with E-state index in [1.807, 2.05) is 43.6 Å². The van der Waals surface area contributed by atoms with E-state index in [-0.39, 0.29) is 0 Å². The Balaban J connectivity index is 1.03. The topological polar surface area (TPSA) is 82.5 Å². The van der Waals surface area contributed by atoms with Gasteiger partial charge in [0.05, 0.1) is 17.7 Å². The highest BCUT2D eigenvalue weighted by molar-refractivity contribution is 7.22. The zero-order valence-electron chi connectivity index (χ0n) is 24.2. The van der Waals surface area contributed by atoms with Crippen LogP contribution in [0.2, 0.25) is 5.02 Å². The van der Waals surface area contributed by atoms with E-state index in [2.05, 4.69) is 48.4 Å². The van der Waals surface area contributed by atoms with Crippen LogP contribution in [0.3, 0.4) is 0 Å². The summed E-state index contributed by atoms with van der Waals surface area (Å²) in [6, 6.07) is 14.9. The van der Waals surface area contributed by atoms with Crippen molar-refractivity contribution in [3.8, 4) is 5.75 Å². The van der Waals surface area contributed by atoms with Crippen LogP contribution in [-0.4, -0.2) is 74.7 Å². The number of halogens is 1. The number of aromatic nitrogens is 4. The summed E-state index contributed by atoms with van der Waals surface area (Å²) in [6.45, 7) is 7.48. The zero-order valence-corrected chi connectivity index (χ0v) is 26.5. The Bertz CT molecular complexity index is 1610. The van der Waals surface area contributed by atoms with Crippen LogP contribution in [0.25, 0.3) is 20.7 Å². The first-order valence-corrected chi connectivity index (χ1v) is 17.0. The molecule has 5 aromatic rings. The van der Waals surface area contributed by atoms with Crippen molar-refractivity contribution in [2.45, 2.75) is 51.2 Å². The summed E-state index contributed by atoms with van der Waals surface area (Å²) in [5.41, 5.74) is 3.16. The lowest BCUT2D eigenvalue weighted by atomic mass is 10.0. The Morgan fingerprint density at radius 3 is 2.35 bits per heavy atom. The van der Waals surface area contributed by atoms with Gasteiger partial charge >= 0.3 is 0 Å². The number of hydrogen-bond donors (Lipinski definition) is 1. The van der Waals surface area contributed by atoms with Crippen molar-refractivity contribution in [3.63, 3.8) is 0 Å². The molecule has 2 fully saturated rings. The van der Waals surface area contributed by atoms with Gasteiger partial charge in [0.2, 0.25) is 5.13 Å². The molecule has 9 nitrogen and oxygen atoms in total. The third kappa shape index (κ3) is 6.41. The maximum absolute atomic E-state index is 6.33. The molecular formula is C31H35ClN8OS2. The van der Waals surface area contributed by atoms with Gasteiger partial charge in [-0.25, -0.2) is 24.9 Å². The first-order valence-electron chi connectivity index (χ1n) is 15.0. The predicted octanol–water partition coefficient (Wildman–Crippen LogP) is 6.71. The number of hydrogen-bond acceptors (Lipinski definition) is 11. The first-order chi connectivity index (χ1) is 21.1. The lowest BCUT2D eigenvalue weighted by molar-refractivity contribution is 0.135. The third-order valence-electron chi connectivity index (χ3n) is 8.23. The lowest BCUT2D eigenvalue weighted by Crippen LogP contribution is -2.56. The van der Waals surface area contributed by atoms with Gasteiger partial charge in [0.25, 0.3) is 0 Å². The van der Waals surface area contributed by atoms with E-state index in [1.54, 1.807) is 22.7 Å². The van der Waals surface area contributed by atoms with Crippen molar-refractivity contribution in [3.05, 3.63) is 65.4 Å². The molecule has 6 heterocycles. The van der Waals surface area contributed by atoms with Gasteiger partial charge in [0, 0.05) is 51.2 Å². The molecule has 0 aliphatic carbocycles. The minimum atomic E-state index is 0.387. The van der Waals surface area contributed by atoms with Crippen molar-refractivity contribution in [2.24, 2.45) is 0 Å². The van der Waals surface area contributed by atoms with E-state index in [9.17, 15) is 0 Å². The second-order valence-corrected chi connectivity index (χ2v) is 13.4. The van der Waals surface area contributed by atoms with E-state index in [0.29, 0.717) is 23.7 Å². The normalized spacial score (nSPS) is 17.5. The van der Waals surface area contributed by atoms with Gasteiger partial charge in [0.15, 0.2) is 5.13 Å². The minimum Gasteiger partial charge on any atom is -0.492 e. The van der Waals surface area contributed by atoms with Crippen LogP contribution in [-0.2, 0) is 6.54 Å². The molecule has 0 bridgehead atoms. The van der Waals surface area contributed by atoms with Crippen LogP contribution in [0.1, 0.15) is 38.2 Å². The number of ether oxygens (including phenoxy) is 1. The highest BCUT2D eigenvalue weighted by Crippen LogP contribution is 2.35. The molecule has 0 atom stereocenters. The predicted molar refractivity (Wildman–Crippen MR) is 176 cm³/mol. The third-order valence-corrected chi connectivity index (χ3v) is 10.4. The van der Waals surface area contributed by atoms with Gasteiger partial charge in [-0.05, 0) is 74.6 Å². The average Bonchev–Trinajstić information content (AvgIpc) is 3.64. The molecule has 0 unspecified atom stereocenters. The molecule has 12 heteroatoms. The molecule has 2 aliphatic heterocycles. The van der Waals surface area contributed by atoms with Crippen LogP contribution in [0.4, 0.5) is 10.3 Å². The average molecular weight is 635 g/mol. The monoisotopic (exact) mass is 634 g/mol. The number of anilines is 2. The van der Waals surface area contributed by atoms with Crippen LogP contribution < -0.4 is 15.1 Å². The molecule has 0 saturated carbocycles. The van der Waals surface area contributed by atoms with Gasteiger partial charge in [-0.1, -0.05) is 40.3 Å². The molecule has 2 saturated heterocycles. The number of likely N-dealkylation sites (tertiary alicyclic amines) is 1. The summed E-state index contributed by atoms with van der Waals surface area (Å²) >= 11 is 9.67. The van der Waals surface area contributed by atoms with Crippen molar-refractivity contribution in [2.75, 3.05) is 43.1 Å². The maximum Gasteiger partial charge on any atom is 0.202 e. The number of nitrogens with one attached hydrogen (secondary N) is 1. The largest absolute Gasteiger partial charge is 0.492 e. The van der Waals surface area contributed by atoms with E-state index >= 15 is 0 Å². The number of nitrogens with zero attached hydrogens (tertiary/aromatic N) is 7. The summed E-state index contributed by atoms with van der Waals surface area (Å²) in [4.78, 5) is 23.4. The fourth-order valence-corrected chi connectivity index (χ4v) is 8.15. The summed E-state index contributed by atoms with van der Waals surface area (Å²) in [6.07, 6.45) is 7.92. The van der Waals surface area contributed by atoms with Crippen molar-refractivity contribution in [1.29, 1.82) is 0 Å².